The molecule has 0 aliphatic heterocycles. The Labute approximate surface area is 133 Å². The lowest BCUT2D eigenvalue weighted by Gasteiger charge is -2.16. The standard InChI is InChI=1S/C15H17Cl2NO3/c1-9(21-15(20)10-4-2-3-5-10)14(19)18-13-8-11(16)6-7-12(13)17/h6-10H,2-5H2,1H3,(H,18,19)/t9-/m1/s1. The highest BCUT2D eigenvalue weighted by molar-refractivity contribution is 6.35. The van der Waals surface area contributed by atoms with Crippen LogP contribution in [-0.2, 0) is 14.3 Å². The van der Waals surface area contributed by atoms with Crippen LogP contribution in [0.3, 0.4) is 0 Å². The molecule has 0 heterocycles. The predicted octanol–water partition coefficient (Wildman–Crippen LogP) is 4.05. The molecule has 1 N–H and O–H groups in total. The number of amides is 1. The van der Waals surface area contributed by atoms with Crippen LogP contribution in [0.5, 0.6) is 0 Å². The minimum atomic E-state index is -0.867. The summed E-state index contributed by atoms with van der Waals surface area (Å²) in [5.41, 5.74) is 0.401. The van der Waals surface area contributed by atoms with Crippen LogP contribution in [0.4, 0.5) is 5.69 Å². The molecule has 1 saturated carbocycles. The summed E-state index contributed by atoms with van der Waals surface area (Å²) in [6, 6.07) is 4.77. The lowest BCUT2D eigenvalue weighted by atomic mass is 10.1. The first-order valence-electron chi connectivity index (χ1n) is 6.94. The lowest BCUT2D eigenvalue weighted by Crippen LogP contribution is -2.31. The maximum Gasteiger partial charge on any atom is 0.309 e. The molecule has 0 radical (unpaired) electrons. The molecule has 0 aromatic heterocycles. The number of rotatable bonds is 4. The fourth-order valence-corrected chi connectivity index (χ4v) is 2.65. The Bertz CT molecular complexity index is 542. The van der Waals surface area contributed by atoms with Gasteiger partial charge in [-0.1, -0.05) is 36.0 Å². The number of esters is 1. The number of hydrogen-bond donors (Lipinski definition) is 1. The van der Waals surface area contributed by atoms with Crippen LogP contribution in [-0.4, -0.2) is 18.0 Å². The van der Waals surface area contributed by atoms with E-state index in [9.17, 15) is 9.59 Å². The van der Waals surface area contributed by atoms with Crippen molar-refractivity contribution in [2.45, 2.75) is 38.7 Å². The summed E-state index contributed by atoms with van der Waals surface area (Å²) in [6.07, 6.45) is 2.89. The summed E-state index contributed by atoms with van der Waals surface area (Å²) < 4.78 is 5.21. The Hall–Kier alpha value is -1.26. The highest BCUT2D eigenvalue weighted by Gasteiger charge is 2.27. The van der Waals surface area contributed by atoms with E-state index in [4.69, 9.17) is 27.9 Å². The Balaban J connectivity index is 1.93. The molecule has 0 saturated heterocycles. The lowest BCUT2D eigenvalue weighted by molar-refractivity contribution is -0.157. The summed E-state index contributed by atoms with van der Waals surface area (Å²) in [5.74, 6) is -0.798. The normalized spacial score (nSPS) is 16.5. The molecule has 1 fully saturated rings. The molecule has 1 atom stereocenters. The first-order chi connectivity index (χ1) is 9.97. The third-order valence-electron chi connectivity index (χ3n) is 3.54. The number of carbonyl (C=O) groups is 2. The van der Waals surface area contributed by atoms with Gasteiger partial charge >= 0.3 is 5.97 Å². The molecule has 1 amide bonds. The molecular weight excluding hydrogens is 313 g/mol. The van der Waals surface area contributed by atoms with Gasteiger partial charge in [0.25, 0.3) is 5.91 Å². The molecule has 1 aromatic carbocycles. The van der Waals surface area contributed by atoms with Gasteiger partial charge in [-0.2, -0.15) is 0 Å². The van der Waals surface area contributed by atoms with Crippen molar-refractivity contribution in [3.63, 3.8) is 0 Å². The number of carbonyl (C=O) groups excluding carboxylic acids is 2. The first-order valence-corrected chi connectivity index (χ1v) is 7.69. The molecule has 1 aliphatic rings. The number of benzene rings is 1. The molecule has 2 rings (SSSR count). The van der Waals surface area contributed by atoms with E-state index in [-0.39, 0.29) is 11.9 Å². The molecule has 6 heteroatoms. The van der Waals surface area contributed by atoms with Crippen LogP contribution in [0.25, 0.3) is 0 Å². The minimum Gasteiger partial charge on any atom is -0.452 e. The van der Waals surface area contributed by atoms with Gasteiger partial charge in [-0.3, -0.25) is 9.59 Å². The predicted molar refractivity (Wildman–Crippen MR) is 82.6 cm³/mol. The smallest absolute Gasteiger partial charge is 0.309 e. The van der Waals surface area contributed by atoms with Crippen molar-refractivity contribution in [1.82, 2.24) is 0 Å². The van der Waals surface area contributed by atoms with E-state index in [0.717, 1.165) is 25.7 Å². The summed E-state index contributed by atoms with van der Waals surface area (Å²) >= 11 is 11.8. The average Bonchev–Trinajstić information content (AvgIpc) is 2.97. The zero-order valence-electron chi connectivity index (χ0n) is 11.7. The summed E-state index contributed by atoms with van der Waals surface area (Å²) in [5, 5.41) is 3.45. The molecule has 1 aromatic rings. The van der Waals surface area contributed by atoms with Gasteiger partial charge in [-0.25, -0.2) is 0 Å². The van der Waals surface area contributed by atoms with Crippen molar-refractivity contribution >= 4 is 40.8 Å². The van der Waals surface area contributed by atoms with Gasteiger partial charge in [0.2, 0.25) is 0 Å². The highest BCUT2D eigenvalue weighted by atomic mass is 35.5. The number of nitrogens with one attached hydrogen (secondary N) is 1. The van der Waals surface area contributed by atoms with Crippen LogP contribution < -0.4 is 5.32 Å². The quantitative estimate of drug-likeness (QED) is 0.847. The maximum atomic E-state index is 12.0. The summed E-state index contributed by atoms with van der Waals surface area (Å²) in [7, 11) is 0. The van der Waals surface area contributed by atoms with Crippen LogP contribution in [0.2, 0.25) is 10.0 Å². The molecule has 0 spiro atoms. The van der Waals surface area contributed by atoms with Gasteiger partial charge in [0, 0.05) is 5.02 Å². The first kappa shape index (κ1) is 16.1. The van der Waals surface area contributed by atoms with E-state index in [0.29, 0.717) is 15.7 Å². The van der Waals surface area contributed by atoms with Gasteiger partial charge in [0.15, 0.2) is 6.10 Å². The third-order valence-corrected chi connectivity index (χ3v) is 4.10. The second kappa shape index (κ2) is 7.14. The average molecular weight is 330 g/mol. The van der Waals surface area contributed by atoms with Crippen molar-refractivity contribution in [3.8, 4) is 0 Å². The van der Waals surface area contributed by atoms with Gasteiger partial charge in [-0.15, -0.1) is 0 Å². The minimum absolute atomic E-state index is 0.0741. The number of halogens is 2. The zero-order valence-corrected chi connectivity index (χ0v) is 13.2. The van der Waals surface area contributed by atoms with Crippen molar-refractivity contribution in [2.75, 3.05) is 5.32 Å². The van der Waals surface area contributed by atoms with E-state index in [1.807, 2.05) is 0 Å². The van der Waals surface area contributed by atoms with Crippen LogP contribution in [0.15, 0.2) is 18.2 Å². The molecular formula is C15H17Cl2NO3. The Morgan fingerprint density at radius 3 is 2.62 bits per heavy atom. The molecule has 0 unspecified atom stereocenters. The SMILES string of the molecule is C[C@@H](OC(=O)C1CCCC1)C(=O)Nc1cc(Cl)ccc1Cl. The number of anilines is 1. The fourth-order valence-electron chi connectivity index (χ4n) is 2.31. The van der Waals surface area contributed by atoms with E-state index in [1.165, 1.54) is 0 Å². The second-order valence-corrected chi connectivity index (χ2v) is 6.02. The van der Waals surface area contributed by atoms with Crippen molar-refractivity contribution in [3.05, 3.63) is 28.2 Å². The Morgan fingerprint density at radius 1 is 1.29 bits per heavy atom. The monoisotopic (exact) mass is 329 g/mol. The molecule has 0 bridgehead atoms. The summed E-state index contributed by atoms with van der Waals surface area (Å²) in [4.78, 5) is 23.9. The second-order valence-electron chi connectivity index (χ2n) is 5.17. The third kappa shape index (κ3) is 4.35. The largest absolute Gasteiger partial charge is 0.452 e. The van der Waals surface area contributed by atoms with E-state index < -0.39 is 12.0 Å². The van der Waals surface area contributed by atoms with Gasteiger partial charge in [0.1, 0.15) is 0 Å². The maximum absolute atomic E-state index is 12.0. The summed E-state index contributed by atoms with van der Waals surface area (Å²) in [6.45, 7) is 1.54. The van der Waals surface area contributed by atoms with Gasteiger partial charge < -0.3 is 10.1 Å². The van der Waals surface area contributed by atoms with Crippen molar-refractivity contribution in [2.24, 2.45) is 5.92 Å². The Morgan fingerprint density at radius 2 is 1.95 bits per heavy atom. The van der Waals surface area contributed by atoms with Crippen molar-refractivity contribution in [1.29, 1.82) is 0 Å². The van der Waals surface area contributed by atoms with Crippen LogP contribution >= 0.6 is 23.2 Å². The van der Waals surface area contributed by atoms with E-state index in [1.54, 1.807) is 25.1 Å². The van der Waals surface area contributed by atoms with Crippen molar-refractivity contribution < 1.29 is 14.3 Å². The highest BCUT2D eigenvalue weighted by Crippen LogP contribution is 2.27. The van der Waals surface area contributed by atoms with Gasteiger partial charge in [0.05, 0.1) is 16.6 Å². The molecule has 21 heavy (non-hydrogen) atoms. The van der Waals surface area contributed by atoms with Gasteiger partial charge in [-0.05, 0) is 38.0 Å². The van der Waals surface area contributed by atoms with Crippen LogP contribution in [0.1, 0.15) is 32.6 Å². The number of ether oxygens (including phenoxy) is 1. The molecule has 114 valence electrons. The fraction of sp³-hybridized carbons (Fsp3) is 0.467. The van der Waals surface area contributed by atoms with Crippen LogP contribution in [0, 0.1) is 5.92 Å². The zero-order chi connectivity index (χ0) is 15.4. The topological polar surface area (TPSA) is 55.4 Å². The Kier molecular flexibility index (Phi) is 5.48. The molecule has 1 aliphatic carbocycles. The van der Waals surface area contributed by atoms with E-state index >= 15 is 0 Å². The molecule has 4 nitrogen and oxygen atoms in total. The van der Waals surface area contributed by atoms with E-state index in [2.05, 4.69) is 5.32 Å². The number of hydrogen-bond acceptors (Lipinski definition) is 3.